The maximum Gasteiger partial charge on any atom is 0.309 e. The summed E-state index contributed by atoms with van der Waals surface area (Å²) in [5.74, 6) is -1.20. The van der Waals surface area contributed by atoms with Gasteiger partial charge in [-0.05, 0) is 5.56 Å². The molecule has 21 heavy (non-hydrogen) atoms. The molecule has 2 rings (SSSR count). The molecule has 114 valence electrons. The van der Waals surface area contributed by atoms with Gasteiger partial charge in [0.05, 0.1) is 12.7 Å². The molecule has 1 unspecified atom stereocenters. The van der Waals surface area contributed by atoms with E-state index in [2.05, 4.69) is 27.7 Å². The van der Waals surface area contributed by atoms with Crippen molar-refractivity contribution in [1.29, 1.82) is 0 Å². The number of ether oxygens (including phenoxy) is 1. The van der Waals surface area contributed by atoms with Crippen molar-refractivity contribution in [2.75, 3.05) is 39.8 Å². The molecule has 0 saturated carbocycles. The summed E-state index contributed by atoms with van der Waals surface area (Å²) in [6.45, 7) is 3.45. The zero-order chi connectivity index (χ0) is 15.1. The lowest BCUT2D eigenvalue weighted by Gasteiger charge is -2.33. The maximum atomic E-state index is 11.3. The second kappa shape index (κ2) is 7.75. The van der Waals surface area contributed by atoms with E-state index in [-0.39, 0.29) is 6.10 Å². The van der Waals surface area contributed by atoms with Crippen molar-refractivity contribution < 1.29 is 14.3 Å². The van der Waals surface area contributed by atoms with Gasteiger partial charge in [0.2, 0.25) is 0 Å². The average molecular weight is 291 g/mol. The van der Waals surface area contributed by atoms with Gasteiger partial charge in [-0.2, -0.15) is 0 Å². The molecule has 0 aliphatic carbocycles. The fraction of sp³-hybridized carbons (Fsp3) is 0.467. The number of rotatable bonds is 4. The SMILES string of the molecule is CNC(=O)C(=O)NCCN1CCOC(c2ccccc2)C1. The van der Waals surface area contributed by atoms with Gasteiger partial charge in [0.15, 0.2) is 0 Å². The summed E-state index contributed by atoms with van der Waals surface area (Å²) in [5, 5.41) is 4.90. The molecule has 1 heterocycles. The summed E-state index contributed by atoms with van der Waals surface area (Å²) < 4.78 is 5.78. The van der Waals surface area contributed by atoms with Crippen LogP contribution in [0.1, 0.15) is 11.7 Å². The van der Waals surface area contributed by atoms with Crippen LogP contribution in [0.3, 0.4) is 0 Å². The van der Waals surface area contributed by atoms with E-state index in [1.807, 2.05) is 18.2 Å². The molecule has 2 amide bonds. The van der Waals surface area contributed by atoms with Crippen molar-refractivity contribution in [3.8, 4) is 0 Å². The van der Waals surface area contributed by atoms with Crippen molar-refractivity contribution in [3.63, 3.8) is 0 Å². The van der Waals surface area contributed by atoms with Gasteiger partial charge in [-0.3, -0.25) is 14.5 Å². The number of nitrogens with zero attached hydrogens (tertiary/aromatic N) is 1. The van der Waals surface area contributed by atoms with Gasteiger partial charge >= 0.3 is 11.8 Å². The number of nitrogens with one attached hydrogen (secondary N) is 2. The summed E-state index contributed by atoms with van der Waals surface area (Å²) >= 11 is 0. The van der Waals surface area contributed by atoms with Gasteiger partial charge in [-0.15, -0.1) is 0 Å². The number of hydrogen-bond donors (Lipinski definition) is 2. The van der Waals surface area contributed by atoms with Gasteiger partial charge < -0.3 is 15.4 Å². The Bertz CT molecular complexity index is 478. The molecule has 6 heteroatoms. The highest BCUT2D eigenvalue weighted by atomic mass is 16.5. The summed E-state index contributed by atoms with van der Waals surface area (Å²) in [4.78, 5) is 24.6. The number of amides is 2. The monoisotopic (exact) mass is 291 g/mol. The minimum Gasteiger partial charge on any atom is -0.371 e. The molecule has 1 aromatic carbocycles. The first-order valence-corrected chi connectivity index (χ1v) is 7.09. The highest BCUT2D eigenvalue weighted by molar-refractivity contribution is 6.34. The van der Waals surface area contributed by atoms with E-state index in [9.17, 15) is 9.59 Å². The molecule has 1 aliphatic rings. The van der Waals surface area contributed by atoms with Crippen molar-refractivity contribution in [2.45, 2.75) is 6.10 Å². The summed E-state index contributed by atoms with van der Waals surface area (Å²) in [5.41, 5.74) is 1.16. The van der Waals surface area contributed by atoms with E-state index in [1.54, 1.807) is 0 Å². The highest BCUT2D eigenvalue weighted by Gasteiger charge is 2.21. The minimum atomic E-state index is -0.612. The molecule has 0 aromatic heterocycles. The number of hydrogen-bond acceptors (Lipinski definition) is 4. The summed E-state index contributed by atoms with van der Waals surface area (Å²) in [7, 11) is 1.44. The lowest BCUT2D eigenvalue weighted by molar-refractivity contribution is -0.138. The van der Waals surface area contributed by atoms with E-state index in [0.717, 1.165) is 18.7 Å². The van der Waals surface area contributed by atoms with Crippen LogP contribution >= 0.6 is 0 Å². The van der Waals surface area contributed by atoms with E-state index >= 15 is 0 Å². The second-order valence-corrected chi connectivity index (χ2v) is 4.91. The molecule has 2 N–H and O–H groups in total. The lowest BCUT2D eigenvalue weighted by Crippen LogP contribution is -2.45. The van der Waals surface area contributed by atoms with Crippen LogP contribution in [0, 0.1) is 0 Å². The number of carbonyl (C=O) groups excluding carboxylic acids is 2. The fourth-order valence-corrected chi connectivity index (χ4v) is 2.30. The standard InChI is InChI=1S/C15H21N3O3/c1-16-14(19)15(20)17-7-8-18-9-10-21-13(11-18)12-5-3-2-4-6-12/h2-6,13H,7-11H2,1H3,(H,16,19)(H,17,20). The van der Waals surface area contributed by atoms with Crippen LogP contribution in [0.25, 0.3) is 0 Å². The molecule has 0 spiro atoms. The summed E-state index contributed by atoms with van der Waals surface area (Å²) in [6.07, 6.45) is 0.0644. The fourth-order valence-electron chi connectivity index (χ4n) is 2.30. The van der Waals surface area contributed by atoms with Crippen LogP contribution in [0.4, 0.5) is 0 Å². The van der Waals surface area contributed by atoms with Gasteiger partial charge in [0.25, 0.3) is 0 Å². The molecule has 6 nitrogen and oxygen atoms in total. The summed E-state index contributed by atoms with van der Waals surface area (Å²) in [6, 6.07) is 10.1. The third-order valence-electron chi connectivity index (χ3n) is 3.47. The van der Waals surface area contributed by atoms with Crippen LogP contribution in [0.5, 0.6) is 0 Å². The van der Waals surface area contributed by atoms with Gasteiger partial charge in [-0.1, -0.05) is 30.3 Å². The van der Waals surface area contributed by atoms with Crippen molar-refractivity contribution in [2.24, 2.45) is 0 Å². The number of benzene rings is 1. The normalized spacial score (nSPS) is 19.0. The predicted octanol–water partition coefficient (Wildman–Crippen LogP) is -0.0779. The Morgan fingerprint density at radius 1 is 1.29 bits per heavy atom. The molecule has 1 atom stereocenters. The van der Waals surface area contributed by atoms with E-state index in [1.165, 1.54) is 7.05 Å². The average Bonchev–Trinajstić information content (AvgIpc) is 2.55. The Balaban J connectivity index is 1.77. The Morgan fingerprint density at radius 3 is 2.76 bits per heavy atom. The van der Waals surface area contributed by atoms with Gasteiger partial charge in [-0.25, -0.2) is 0 Å². The Hall–Kier alpha value is -1.92. The Kier molecular flexibility index (Phi) is 5.71. The highest BCUT2D eigenvalue weighted by Crippen LogP contribution is 2.21. The first-order chi connectivity index (χ1) is 10.2. The van der Waals surface area contributed by atoms with Gasteiger partial charge in [0, 0.05) is 33.2 Å². The van der Waals surface area contributed by atoms with Crippen LogP contribution in [0.2, 0.25) is 0 Å². The van der Waals surface area contributed by atoms with Crippen molar-refractivity contribution in [1.82, 2.24) is 15.5 Å². The first kappa shape index (κ1) is 15.5. The zero-order valence-electron chi connectivity index (χ0n) is 12.2. The third-order valence-corrected chi connectivity index (χ3v) is 3.47. The van der Waals surface area contributed by atoms with Crippen LogP contribution < -0.4 is 10.6 Å². The molecular weight excluding hydrogens is 270 g/mol. The lowest BCUT2D eigenvalue weighted by atomic mass is 10.1. The third kappa shape index (κ3) is 4.54. The number of morpholine rings is 1. The number of carbonyl (C=O) groups is 2. The largest absolute Gasteiger partial charge is 0.371 e. The maximum absolute atomic E-state index is 11.3. The molecule has 1 fully saturated rings. The van der Waals surface area contributed by atoms with Gasteiger partial charge in [0.1, 0.15) is 0 Å². The minimum absolute atomic E-state index is 0.0644. The molecular formula is C15H21N3O3. The Labute approximate surface area is 124 Å². The molecule has 1 aliphatic heterocycles. The van der Waals surface area contributed by atoms with Crippen LogP contribution in [0.15, 0.2) is 30.3 Å². The van der Waals surface area contributed by atoms with Crippen molar-refractivity contribution in [3.05, 3.63) is 35.9 Å². The quantitative estimate of drug-likeness (QED) is 0.761. The van der Waals surface area contributed by atoms with Crippen molar-refractivity contribution >= 4 is 11.8 Å². The Morgan fingerprint density at radius 2 is 2.05 bits per heavy atom. The topological polar surface area (TPSA) is 70.7 Å². The molecule has 1 aromatic rings. The van der Waals surface area contributed by atoms with E-state index in [4.69, 9.17) is 4.74 Å². The van der Waals surface area contributed by atoms with E-state index in [0.29, 0.717) is 19.7 Å². The second-order valence-electron chi connectivity index (χ2n) is 4.91. The zero-order valence-corrected chi connectivity index (χ0v) is 12.2. The molecule has 0 radical (unpaired) electrons. The van der Waals surface area contributed by atoms with Crippen LogP contribution in [-0.4, -0.2) is 56.5 Å². The first-order valence-electron chi connectivity index (χ1n) is 7.09. The number of likely N-dealkylation sites (N-methyl/N-ethyl adjacent to an activating group) is 1. The molecule has 0 bridgehead atoms. The van der Waals surface area contributed by atoms with E-state index < -0.39 is 11.8 Å². The predicted molar refractivity (Wildman–Crippen MR) is 78.7 cm³/mol. The van der Waals surface area contributed by atoms with Crippen LogP contribution in [-0.2, 0) is 14.3 Å². The smallest absolute Gasteiger partial charge is 0.309 e. The molecule has 1 saturated heterocycles.